The highest BCUT2D eigenvalue weighted by molar-refractivity contribution is 6.05. The zero-order valence-corrected chi connectivity index (χ0v) is 11.7. The first-order chi connectivity index (χ1) is 10.6. The molecule has 0 bridgehead atoms. The van der Waals surface area contributed by atoms with E-state index in [1.165, 1.54) is 12.1 Å². The molecule has 0 fully saturated rings. The molecule has 0 aliphatic heterocycles. The summed E-state index contributed by atoms with van der Waals surface area (Å²) >= 11 is 0. The Bertz CT molecular complexity index is 696. The van der Waals surface area contributed by atoms with E-state index >= 15 is 0 Å². The number of para-hydroxylation sites is 2. The van der Waals surface area contributed by atoms with Gasteiger partial charge in [0.05, 0.1) is 4.92 Å². The Labute approximate surface area is 127 Å². The summed E-state index contributed by atoms with van der Waals surface area (Å²) in [4.78, 5) is 22.5. The number of rotatable bonds is 6. The van der Waals surface area contributed by atoms with E-state index in [0.29, 0.717) is 17.9 Å². The van der Waals surface area contributed by atoms with Gasteiger partial charge in [0.1, 0.15) is 18.0 Å². The molecule has 2 aromatic carbocycles. The number of nitrogens with one attached hydrogen (secondary N) is 1. The fraction of sp³-hybridized carbons (Fsp3) is 0.0625. The number of benzene rings is 2. The molecular weight excluding hydrogens is 284 g/mol. The summed E-state index contributed by atoms with van der Waals surface area (Å²) in [5.41, 5.74) is 0.385. The highest BCUT2D eigenvalue weighted by Gasteiger charge is 2.15. The van der Waals surface area contributed by atoms with Crippen molar-refractivity contribution in [2.75, 3.05) is 11.9 Å². The van der Waals surface area contributed by atoms with Crippen molar-refractivity contribution in [3.8, 4) is 5.75 Å². The number of nitrogens with zero attached hydrogens (tertiary/aromatic N) is 1. The number of amides is 1. The first kappa shape index (κ1) is 15.2. The summed E-state index contributed by atoms with van der Waals surface area (Å²) in [5, 5.41) is 13.4. The van der Waals surface area contributed by atoms with Crippen molar-refractivity contribution < 1.29 is 14.5 Å². The van der Waals surface area contributed by atoms with E-state index in [1.807, 2.05) is 0 Å². The van der Waals surface area contributed by atoms with Gasteiger partial charge in [-0.2, -0.15) is 0 Å². The molecule has 0 unspecified atom stereocenters. The van der Waals surface area contributed by atoms with Crippen LogP contribution in [0.1, 0.15) is 10.4 Å². The third-order valence-corrected chi connectivity index (χ3v) is 2.83. The zero-order chi connectivity index (χ0) is 15.9. The molecule has 22 heavy (non-hydrogen) atoms. The average Bonchev–Trinajstić information content (AvgIpc) is 2.53. The summed E-state index contributed by atoms with van der Waals surface area (Å²) in [5.74, 6) is 0.187. The van der Waals surface area contributed by atoms with Gasteiger partial charge in [0.15, 0.2) is 0 Å². The topological polar surface area (TPSA) is 81.5 Å². The molecule has 0 aliphatic carbocycles. The second-order valence-corrected chi connectivity index (χ2v) is 4.35. The molecule has 0 saturated heterocycles. The van der Waals surface area contributed by atoms with Crippen LogP contribution in [0.3, 0.4) is 0 Å². The number of nitro groups is 1. The summed E-state index contributed by atoms with van der Waals surface area (Å²) < 4.78 is 5.32. The first-order valence-electron chi connectivity index (χ1n) is 6.50. The van der Waals surface area contributed by atoms with Crippen molar-refractivity contribution in [1.82, 2.24) is 0 Å². The number of ether oxygens (including phenoxy) is 1. The molecule has 0 radical (unpaired) electrons. The SMILES string of the molecule is C=CCOc1ccc(C(=O)Nc2ccccc2[N+](=O)[O-])cc1. The Morgan fingerprint density at radius 3 is 2.55 bits per heavy atom. The van der Waals surface area contributed by atoms with E-state index in [0.717, 1.165) is 0 Å². The van der Waals surface area contributed by atoms with Crippen LogP contribution in [0.15, 0.2) is 61.2 Å². The zero-order valence-electron chi connectivity index (χ0n) is 11.7. The molecular formula is C16H14N2O4. The Morgan fingerprint density at radius 2 is 1.91 bits per heavy atom. The molecule has 0 aromatic heterocycles. The number of nitro benzene ring substituents is 1. The van der Waals surface area contributed by atoms with Crippen LogP contribution in [-0.4, -0.2) is 17.4 Å². The molecule has 0 spiro atoms. The van der Waals surface area contributed by atoms with Crippen LogP contribution in [0.2, 0.25) is 0 Å². The fourth-order valence-electron chi connectivity index (χ4n) is 1.79. The Morgan fingerprint density at radius 1 is 1.23 bits per heavy atom. The highest BCUT2D eigenvalue weighted by atomic mass is 16.6. The maximum atomic E-state index is 12.1. The third-order valence-electron chi connectivity index (χ3n) is 2.83. The lowest BCUT2D eigenvalue weighted by molar-refractivity contribution is -0.383. The lowest BCUT2D eigenvalue weighted by Crippen LogP contribution is -2.13. The molecule has 112 valence electrons. The summed E-state index contributed by atoms with van der Waals surface area (Å²) in [7, 11) is 0. The summed E-state index contributed by atoms with van der Waals surface area (Å²) in [6.07, 6.45) is 1.62. The van der Waals surface area contributed by atoms with E-state index < -0.39 is 10.8 Å². The Hall–Kier alpha value is -3.15. The van der Waals surface area contributed by atoms with Gasteiger partial charge in [-0.1, -0.05) is 24.8 Å². The molecule has 2 rings (SSSR count). The molecule has 0 atom stereocenters. The van der Waals surface area contributed by atoms with Crippen molar-refractivity contribution in [3.63, 3.8) is 0 Å². The second-order valence-electron chi connectivity index (χ2n) is 4.35. The second kappa shape index (κ2) is 7.03. The first-order valence-corrected chi connectivity index (χ1v) is 6.50. The van der Waals surface area contributed by atoms with Gasteiger partial charge in [-0.15, -0.1) is 0 Å². The van der Waals surface area contributed by atoms with Crippen molar-refractivity contribution in [3.05, 3.63) is 76.9 Å². The van der Waals surface area contributed by atoms with Gasteiger partial charge < -0.3 is 10.1 Å². The molecule has 0 saturated carbocycles. The number of carbonyl (C=O) groups is 1. The molecule has 6 nitrogen and oxygen atoms in total. The van der Waals surface area contributed by atoms with Crippen LogP contribution >= 0.6 is 0 Å². The number of carbonyl (C=O) groups excluding carboxylic acids is 1. The summed E-state index contributed by atoms with van der Waals surface area (Å²) in [6.45, 7) is 3.92. The smallest absolute Gasteiger partial charge is 0.292 e. The van der Waals surface area contributed by atoms with E-state index in [-0.39, 0.29) is 11.4 Å². The van der Waals surface area contributed by atoms with Gasteiger partial charge in [0.2, 0.25) is 0 Å². The minimum Gasteiger partial charge on any atom is -0.490 e. The lowest BCUT2D eigenvalue weighted by Gasteiger charge is -2.07. The van der Waals surface area contributed by atoms with Gasteiger partial charge in [-0.05, 0) is 30.3 Å². The maximum absolute atomic E-state index is 12.1. The molecule has 0 aliphatic rings. The molecule has 1 N–H and O–H groups in total. The van der Waals surface area contributed by atoms with Crippen LogP contribution in [0, 0.1) is 10.1 Å². The third kappa shape index (κ3) is 3.69. The highest BCUT2D eigenvalue weighted by Crippen LogP contribution is 2.24. The summed E-state index contributed by atoms with van der Waals surface area (Å²) in [6, 6.07) is 12.5. The number of hydrogen-bond donors (Lipinski definition) is 1. The molecule has 0 heterocycles. The predicted molar refractivity (Wildman–Crippen MR) is 83.2 cm³/mol. The van der Waals surface area contributed by atoms with Crippen LogP contribution in [-0.2, 0) is 0 Å². The van der Waals surface area contributed by atoms with Gasteiger partial charge in [0, 0.05) is 11.6 Å². The number of hydrogen-bond acceptors (Lipinski definition) is 4. The van der Waals surface area contributed by atoms with Crippen LogP contribution in [0.25, 0.3) is 0 Å². The molecule has 1 amide bonds. The average molecular weight is 298 g/mol. The van der Waals surface area contributed by atoms with Gasteiger partial charge in [0.25, 0.3) is 11.6 Å². The van der Waals surface area contributed by atoms with E-state index in [2.05, 4.69) is 11.9 Å². The molecule has 6 heteroatoms. The molecule has 2 aromatic rings. The fourth-order valence-corrected chi connectivity index (χ4v) is 1.79. The van der Waals surface area contributed by atoms with Crippen molar-refractivity contribution in [2.24, 2.45) is 0 Å². The van der Waals surface area contributed by atoms with Gasteiger partial charge in [-0.3, -0.25) is 14.9 Å². The Kier molecular flexibility index (Phi) is 4.87. The van der Waals surface area contributed by atoms with Crippen molar-refractivity contribution in [1.29, 1.82) is 0 Å². The van der Waals surface area contributed by atoms with E-state index in [1.54, 1.807) is 42.5 Å². The quantitative estimate of drug-likeness (QED) is 0.503. The minimum absolute atomic E-state index is 0.151. The normalized spacial score (nSPS) is 9.82. The van der Waals surface area contributed by atoms with Crippen LogP contribution < -0.4 is 10.1 Å². The largest absolute Gasteiger partial charge is 0.490 e. The van der Waals surface area contributed by atoms with Crippen LogP contribution in [0.5, 0.6) is 5.75 Å². The van der Waals surface area contributed by atoms with E-state index in [4.69, 9.17) is 4.74 Å². The lowest BCUT2D eigenvalue weighted by atomic mass is 10.2. The minimum atomic E-state index is -0.540. The van der Waals surface area contributed by atoms with Gasteiger partial charge >= 0.3 is 0 Å². The number of anilines is 1. The predicted octanol–water partition coefficient (Wildman–Crippen LogP) is 3.41. The Balaban J connectivity index is 2.12. The monoisotopic (exact) mass is 298 g/mol. The van der Waals surface area contributed by atoms with Crippen molar-refractivity contribution >= 4 is 17.3 Å². The standard InChI is InChI=1S/C16H14N2O4/c1-2-11-22-13-9-7-12(8-10-13)16(19)17-14-5-3-4-6-15(14)18(20)21/h2-10H,1,11H2,(H,17,19). The maximum Gasteiger partial charge on any atom is 0.292 e. The van der Waals surface area contributed by atoms with Crippen molar-refractivity contribution in [2.45, 2.75) is 0 Å². The van der Waals surface area contributed by atoms with Gasteiger partial charge in [-0.25, -0.2) is 0 Å². The van der Waals surface area contributed by atoms with E-state index in [9.17, 15) is 14.9 Å². The van der Waals surface area contributed by atoms with Crippen LogP contribution in [0.4, 0.5) is 11.4 Å².